The van der Waals surface area contributed by atoms with Crippen molar-refractivity contribution in [3.05, 3.63) is 24.3 Å². The predicted octanol–water partition coefficient (Wildman–Crippen LogP) is 3.75. The Bertz CT molecular complexity index is 194. The minimum atomic E-state index is -11.1. The summed E-state index contributed by atoms with van der Waals surface area (Å²) in [6.07, 6.45) is 9.50. The minimum absolute atomic E-state index is 0. The van der Waals surface area contributed by atoms with Gasteiger partial charge in [0, 0.05) is 17.1 Å². The van der Waals surface area contributed by atoms with Crippen molar-refractivity contribution in [2.45, 2.75) is 6.42 Å². The monoisotopic (exact) mass is 312 g/mol. The number of allylic oxidation sites excluding steroid dienone is 4. The smallest absolute Gasteiger partial charge is 0 e. The predicted molar refractivity (Wildman–Crippen MR) is 36.4 cm³/mol. The molecule has 0 aromatic carbocycles. The Morgan fingerprint density at radius 1 is 0.846 bits per heavy atom. The third-order valence-corrected chi connectivity index (χ3v) is 0.655. The maximum atomic E-state index is 9.91. The Kier molecular flexibility index (Phi) is 4.46. The molecule has 8 heteroatoms. The van der Waals surface area contributed by atoms with E-state index >= 15 is 0 Å². The van der Waals surface area contributed by atoms with Crippen LogP contribution in [0, 0.1) is 0 Å². The molecule has 0 bridgehead atoms. The normalized spacial score (nSPS) is 19.2. The van der Waals surface area contributed by atoms with Crippen LogP contribution in [0.1, 0.15) is 7.85 Å². The van der Waals surface area contributed by atoms with E-state index in [4.69, 9.17) is 0 Å². The van der Waals surface area contributed by atoms with Gasteiger partial charge < -0.3 is 0 Å². The first kappa shape index (κ1) is 15.6. The van der Waals surface area contributed by atoms with E-state index in [2.05, 4.69) is 24.3 Å². The quantitative estimate of drug-likeness (QED) is 0.472. The summed E-state index contributed by atoms with van der Waals surface area (Å²) >= 11 is -11.1. The zero-order valence-electron chi connectivity index (χ0n) is 7.09. The van der Waals surface area contributed by atoms with Crippen LogP contribution in [-0.4, -0.2) is 14.2 Å². The van der Waals surface area contributed by atoms with E-state index in [-0.39, 0.29) is 18.5 Å². The van der Waals surface area contributed by atoms with Crippen LogP contribution in [0.3, 0.4) is 0 Å². The Morgan fingerprint density at radius 3 is 1.15 bits per heavy atom. The number of hydrogen-bond donors (Lipinski definition) is 0. The fraction of sp³-hybridized carbons (Fsp3) is 0.200. The van der Waals surface area contributed by atoms with E-state index in [1.165, 1.54) is 0 Å². The maximum Gasteiger partial charge on any atom is 1.00 e. The molecule has 0 unspecified atom stereocenters. The maximum absolute atomic E-state index is 11.1. The Morgan fingerprint density at radius 2 is 1.08 bits per heavy atom. The van der Waals surface area contributed by atoms with Gasteiger partial charge in [-0.3, -0.25) is 0 Å². The zero-order chi connectivity index (χ0) is 9.94. The van der Waals surface area contributed by atoms with Crippen LogP contribution in [0.25, 0.3) is 0 Å². The first-order valence-electron chi connectivity index (χ1n) is 2.83. The second kappa shape index (κ2) is 3.71. The van der Waals surface area contributed by atoms with Crippen LogP contribution >= 0.6 is 0 Å². The Balaban J connectivity index is -0.000000155. The molecule has 0 aromatic rings. The van der Waals surface area contributed by atoms with Crippen molar-refractivity contribution < 1.29 is 39.3 Å². The van der Waals surface area contributed by atoms with Crippen LogP contribution in [0.5, 0.6) is 0 Å². The van der Waals surface area contributed by atoms with Gasteiger partial charge in [-0.05, 0) is 6.42 Å². The van der Waals surface area contributed by atoms with Crippen molar-refractivity contribution in [3.63, 3.8) is 0 Å². The number of halogens is 6. The fourth-order valence-corrected chi connectivity index (χ4v) is 0.393. The summed E-state index contributed by atoms with van der Waals surface area (Å²) in [4.78, 5) is 0. The van der Waals surface area contributed by atoms with Gasteiger partial charge in [-0.1, -0.05) is 24.3 Å². The molecule has 82 valence electrons. The van der Waals surface area contributed by atoms with Crippen molar-refractivity contribution in [3.8, 4) is 0 Å². The van der Waals surface area contributed by atoms with E-state index in [0.29, 0.717) is 0 Å². The summed E-state index contributed by atoms with van der Waals surface area (Å²) in [6, 6.07) is 0. The molecule has 0 nitrogen and oxygen atoms in total. The minimum Gasteiger partial charge on any atom is 0 e. The molecule has 1 aliphatic carbocycles. The fourth-order valence-electron chi connectivity index (χ4n) is 0.393. The standard InChI is InChI=1S/C5H6.AsF6.Fe/c1-2-4-5-3-1;2-1(3,4,5,6)7;/h1-4H,5H2;;/q;-1;/p+1. The van der Waals surface area contributed by atoms with E-state index in [9.17, 15) is 20.8 Å². The molecule has 0 saturated carbocycles. The molecule has 0 aromatic heterocycles. The summed E-state index contributed by atoms with van der Waals surface area (Å²) in [5.74, 6) is 0. The third kappa shape index (κ3) is 47.3. The van der Waals surface area contributed by atoms with Gasteiger partial charge in [0.05, 0.1) is 0 Å². The molecule has 13 heavy (non-hydrogen) atoms. The van der Waals surface area contributed by atoms with Crippen LogP contribution < -0.4 is 0 Å². The van der Waals surface area contributed by atoms with Gasteiger partial charge in [-0.2, -0.15) is 0 Å². The Hall–Kier alpha value is 0.138. The van der Waals surface area contributed by atoms with E-state index < -0.39 is 14.2 Å². The van der Waals surface area contributed by atoms with E-state index in [1.807, 2.05) is 0 Å². The molecule has 0 saturated heterocycles. The van der Waals surface area contributed by atoms with E-state index in [0.717, 1.165) is 6.42 Å². The SMILES string of the molecule is C1=CCC=C1.F[As-](F)(F)(F)(F)F.[Fe].[H+]. The molecule has 0 radical (unpaired) electrons. The first-order valence-corrected chi connectivity index (χ1v) is 7.09. The summed E-state index contributed by atoms with van der Waals surface area (Å²) < 4.78 is 59.4. The molecule has 0 aliphatic heterocycles. The van der Waals surface area contributed by atoms with Crippen molar-refractivity contribution in [2.24, 2.45) is 0 Å². The van der Waals surface area contributed by atoms with Crippen LogP contribution in [-0.2, 0) is 17.1 Å². The molecule has 0 spiro atoms. The number of rotatable bonds is 0. The average Bonchev–Trinajstić information content (AvgIpc) is 2.00. The largest absolute Gasteiger partial charge is 1.00 e. The molecule has 0 amide bonds. The van der Waals surface area contributed by atoms with Crippen LogP contribution in [0.2, 0.25) is 0 Å². The van der Waals surface area contributed by atoms with Gasteiger partial charge in [0.2, 0.25) is 0 Å². The molecule has 0 N–H and O–H groups in total. The second-order valence-corrected chi connectivity index (χ2v) is 6.07. The van der Waals surface area contributed by atoms with Gasteiger partial charge in [0.15, 0.2) is 0 Å². The number of hydrogen-bond acceptors (Lipinski definition) is 0. The summed E-state index contributed by atoms with van der Waals surface area (Å²) in [7, 11) is 0. The molecular weight excluding hydrogens is 305 g/mol. The van der Waals surface area contributed by atoms with Crippen LogP contribution in [0.15, 0.2) is 24.3 Å². The molecular formula is C5H7AsF6Fe. The Labute approximate surface area is 84.5 Å². The first-order chi connectivity index (χ1) is 4.95. The zero-order valence-corrected chi connectivity index (χ0v) is 9.07. The second-order valence-electron chi connectivity index (χ2n) is 2.05. The average molecular weight is 312 g/mol. The summed E-state index contributed by atoms with van der Waals surface area (Å²) in [5.41, 5.74) is 0. The van der Waals surface area contributed by atoms with Gasteiger partial charge in [-0.15, -0.1) is 0 Å². The molecule has 1 aliphatic rings. The van der Waals surface area contributed by atoms with Crippen molar-refractivity contribution >= 4 is 14.2 Å². The topological polar surface area (TPSA) is 0 Å². The molecule has 0 fully saturated rings. The summed E-state index contributed by atoms with van der Waals surface area (Å²) in [5, 5.41) is 0. The van der Waals surface area contributed by atoms with Gasteiger partial charge in [-0.25, -0.2) is 0 Å². The van der Waals surface area contributed by atoms with Crippen molar-refractivity contribution in [1.29, 1.82) is 0 Å². The molecule has 0 heterocycles. The van der Waals surface area contributed by atoms with Crippen molar-refractivity contribution in [2.75, 3.05) is 0 Å². The van der Waals surface area contributed by atoms with Crippen LogP contribution in [0.4, 0.5) is 20.8 Å². The molecule has 0 atom stereocenters. The van der Waals surface area contributed by atoms with Gasteiger partial charge >= 0.3 is 36.4 Å². The molecule has 1 rings (SSSR count). The van der Waals surface area contributed by atoms with E-state index in [1.54, 1.807) is 0 Å². The third-order valence-electron chi connectivity index (χ3n) is 0.655. The van der Waals surface area contributed by atoms with Gasteiger partial charge in [0.1, 0.15) is 0 Å². The van der Waals surface area contributed by atoms with Gasteiger partial charge in [0.25, 0.3) is 0 Å². The summed E-state index contributed by atoms with van der Waals surface area (Å²) in [6.45, 7) is 0. The van der Waals surface area contributed by atoms with Crippen molar-refractivity contribution in [1.82, 2.24) is 0 Å².